The molecule has 0 fully saturated rings. The maximum Gasteiger partial charge on any atom is 0.321 e. The Hall–Kier alpha value is -0.660. The van der Waals surface area contributed by atoms with Gasteiger partial charge in [-0.2, -0.15) is 12.7 Å². The summed E-state index contributed by atoms with van der Waals surface area (Å²) in [7, 11) is -2.37. The molecular weight excluding hydrogens is 220 g/mol. The van der Waals surface area contributed by atoms with E-state index in [1.807, 2.05) is 0 Å². The van der Waals surface area contributed by atoms with Crippen LogP contribution < -0.4 is 4.72 Å². The number of rotatable bonds is 6. The smallest absolute Gasteiger partial charge is 0.321 e. The molecule has 0 aromatic heterocycles. The lowest BCUT2D eigenvalue weighted by atomic mass is 10.4. The zero-order valence-corrected chi connectivity index (χ0v) is 10.3. The van der Waals surface area contributed by atoms with Gasteiger partial charge in [0.2, 0.25) is 0 Å². The number of ether oxygens (including phenoxy) is 1. The topological polar surface area (TPSA) is 75.7 Å². The molecule has 7 heteroatoms. The van der Waals surface area contributed by atoms with Crippen LogP contribution in [-0.2, 0) is 19.7 Å². The molecule has 0 radical (unpaired) electrons. The van der Waals surface area contributed by atoms with E-state index in [4.69, 9.17) is 0 Å². The molecule has 15 heavy (non-hydrogen) atoms. The van der Waals surface area contributed by atoms with Crippen LogP contribution in [0.3, 0.4) is 0 Å². The van der Waals surface area contributed by atoms with Crippen LogP contribution in [0, 0.1) is 0 Å². The molecule has 0 amide bonds. The molecule has 0 unspecified atom stereocenters. The molecule has 0 aromatic rings. The third kappa shape index (κ3) is 4.59. The van der Waals surface area contributed by atoms with Crippen LogP contribution in [0.1, 0.15) is 20.8 Å². The fourth-order valence-corrected chi connectivity index (χ4v) is 2.36. The Balaban J connectivity index is 4.74. The van der Waals surface area contributed by atoms with E-state index in [1.54, 1.807) is 20.8 Å². The molecule has 0 atom stereocenters. The molecular formula is C8H18N2O4S. The Morgan fingerprint density at radius 2 is 2.00 bits per heavy atom. The molecule has 0 aliphatic carbocycles. The summed E-state index contributed by atoms with van der Waals surface area (Å²) in [6, 6.07) is -0.298. The molecule has 1 N–H and O–H groups in total. The Bertz CT molecular complexity index is 300. The van der Waals surface area contributed by atoms with Gasteiger partial charge in [-0.25, -0.2) is 4.72 Å². The number of carbonyl (C=O) groups excluding carboxylic acids is 1. The first-order chi connectivity index (χ1) is 6.85. The average Bonchev–Trinajstić information content (AvgIpc) is 2.12. The normalized spacial score (nSPS) is 12.1. The summed E-state index contributed by atoms with van der Waals surface area (Å²) in [5, 5.41) is 0. The third-order valence-electron chi connectivity index (χ3n) is 1.72. The second-order valence-corrected chi connectivity index (χ2v) is 4.93. The highest BCUT2D eigenvalue weighted by molar-refractivity contribution is 7.87. The predicted octanol–water partition coefficient (Wildman–Crippen LogP) is -0.276. The predicted molar refractivity (Wildman–Crippen MR) is 56.5 cm³/mol. The van der Waals surface area contributed by atoms with Crippen LogP contribution >= 0.6 is 0 Å². The summed E-state index contributed by atoms with van der Waals surface area (Å²) in [6.45, 7) is 5.07. The van der Waals surface area contributed by atoms with Crippen molar-refractivity contribution in [2.45, 2.75) is 26.8 Å². The van der Waals surface area contributed by atoms with E-state index in [0.29, 0.717) is 0 Å². The van der Waals surface area contributed by atoms with E-state index in [1.165, 1.54) is 7.11 Å². The van der Waals surface area contributed by atoms with Gasteiger partial charge < -0.3 is 4.74 Å². The van der Waals surface area contributed by atoms with Gasteiger partial charge in [0.15, 0.2) is 0 Å². The van der Waals surface area contributed by atoms with Gasteiger partial charge in [-0.05, 0) is 13.8 Å². The van der Waals surface area contributed by atoms with Gasteiger partial charge in [0, 0.05) is 12.6 Å². The number of nitrogens with zero attached hydrogens (tertiary/aromatic N) is 1. The molecule has 0 bridgehead atoms. The highest BCUT2D eigenvalue weighted by Crippen LogP contribution is 2.04. The van der Waals surface area contributed by atoms with Crippen molar-refractivity contribution in [2.75, 3.05) is 20.2 Å². The summed E-state index contributed by atoms with van der Waals surface area (Å²) in [5.41, 5.74) is 0. The Labute approximate surface area is 90.8 Å². The molecule has 0 aliphatic heterocycles. The van der Waals surface area contributed by atoms with Gasteiger partial charge in [-0.1, -0.05) is 6.92 Å². The van der Waals surface area contributed by atoms with E-state index >= 15 is 0 Å². The summed E-state index contributed by atoms with van der Waals surface area (Å²) >= 11 is 0. The molecule has 0 spiro atoms. The summed E-state index contributed by atoms with van der Waals surface area (Å²) in [5.74, 6) is -0.579. The first-order valence-electron chi connectivity index (χ1n) is 4.68. The standard InChI is InChI=1S/C8H18N2O4S/c1-5-9-15(12,13)10(7(2)3)6-8(11)14-4/h7,9H,5-6H2,1-4H3. The van der Waals surface area contributed by atoms with Gasteiger partial charge in [-0.3, -0.25) is 4.79 Å². The SMILES string of the molecule is CCNS(=O)(=O)N(CC(=O)OC)C(C)C. The van der Waals surface area contributed by atoms with Gasteiger partial charge in [0.25, 0.3) is 10.2 Å². The van der Waals surface area contributed by atoms with Crippen molar-refractivity contribution in [3.05, 3.63) is 0 Å². The number of hydrogen-bond donors (Lipinski definition) is 1. The fourth-order valence-electron chi connectivity index (χ4n) is 1.00. The van der Waals surface area contributed by atoms with Gasteiger partial charge in [0.1, 0.15) is 6.54 Å². The molecule has 0 aliphatic rings. The van der Waals surface area contributed by atoms with E-state index in [9.17, 15) is 13.2 Å². The fraction of sp³-hybridized carbons (Fsp3) is 0.875. The Morgan fingerprint density at radius 3 is 2.33 bits per heavy atom. The number of nitrogens with one attached hydrogen (secondary N) is 1. The van der Waals surface area contributed by atoms with Crippen LogP contribution in [0.2, 0.25) is 0 Å². The Kier molecular flexibility index (Phi) is 5.77. The maximum atomic E-state index is 11.6. The van der Waals surface area contributed by atoms with Crippen LogP contribution in [0.25, 0.3) is 0 Å². The molecule has 0 rings (SSSR count). The van der Waals surface area contributed by atoms with Crippen molar-refractivity contribution in [2.24, 2.45) is 0 Å². The average molecular weight is 238 g/mol. The first-order valence-corrected chi connectivity index (χ1v) is 6.12. The van der Waals surface area contributed by atoms with Crippen molar-refractivity contribution < 1.29 is 17.9 Å². The lowest BCUT2D eigenvalue weighted by Crippen LogP contribution is -2.47. The van der Waals surface area contributed by atoms with Crippen molar-refractivity contribution in [3.8, 4) is 0 Å². The minimum atomic E-state index is -3.59. The minimum Gasteiger partial charge on any atom is -0.468 e. The van der Waals surface area contributed by atoms with Crippen molar-refractivity contribution in [1.82, 2.24) is 9.03 Å². The van der Waals surface area contributed by atoms with E-state index in [0.717, 1.165) is 4.31 Å². The molecule has 90 valence electrons. The number of methoxy groups -OCH3 is 1. The van der Waals surface area contributed by atoms with E-state index in [2.05, 4.69) is 9.46 Å². The maximum absolute atomic E-state index is 11.6. The highest BCUT2D eigenvalue weighted by atomic mass is 32.2. The van der Waals surface area contributed by atoms with Crippen LogP contribution in [0.4, 0.5) is 0 Å². The Morgan fingerprint density at radius 1 is 1.47 bits per heavy atom. The molecule has 0 heterocycles. The number of carbonyl (C=O) groups is 1. The quantitative estimate of drug-likeness (QED) is 0.646. The zero-order chi connectivity index (χ0) is 12.1. The third-order valence-corrected chi connectivity index (χ3v) is 3.55. The van der Waals surface area contributed by atoms with Crippen molar-refractivity contribution >= 4 is 16.2 Å². The first kappa shape index (κ1) is 14.3. The summed E-state index contributed by atoms with van der Waals surface area (Å²) in [6.07, 6.45) is 0. The monoisotopic (exact) mass is 238 g/mol. The second-order valence-electron chi connectivity index (χ2n) is 3.22. The minimum absolute atomic E-state index is 0.274. The summed E-state index contributed by atoms with van der Waals surface area (Å²) in [4.78, 5) is 11.0. The van der Waals surface area contributed by atoms with Crippen LogP contribution in [-0.4, -0.2) is 44.9 Å². The molecule has 6 nitrogen and oxygen atoms in total. The molecule has 0 aromatic carbocycles. The zero-order valence-electron chi connectivity index (χ0n) is 9.48. The lowest BCUT2D eigenvalue weighted by molar-refractivity contribution is -0.141. The van der Waals surface area contributed by atoms with Crippen LogP contribution in [0.5, 0.6) is 0 Å². The number of esters is 1. The van der Waals surface area contributed by atoms with E-state index < -0.39 is 16.2 Å². The molecule has 0 saturated heterocycles. The van der Waals surface area contributed by atoms with E-state index in [-0.39, 0.29) is 19.1 Å². The number of hydrogen-bond acceptors (Lipinski definition) is 4. The largest absolute Gasteiger partial charge is 0.468 e. The van der Waals surface area contributed by atoms with Gasteiger partial charge >= 0.3 is 5.97 Å². The summed E-state index contributed by atoms with van der Waals surface area (Å²) < 4.78 is 31.1. The van der Waals surface area contributed by atoms with Crippen LogP contribution in [0.15, 0.2) is 0 Å². The molecule has 0 saturated carbocycles. The second kappa shape index (κ2) is 6.04. The van der Waals surface area contributed by atoms with Crippen molar-refractivity contribution in [3.63, 3.8) is 0 Å². The lowest BCUT2D eigenvalue weighted by Gasteiger charge is -2.24. The van der Waals surface area contributed by atoms with Crippen molar-refractivity contribution in [1.29, 1.82) is 0 Å². The van der Waals surface area contributed by atoms with Gasteiger partial charge in [-0.15, -0.1) is 0 Å². The highest BCUT2D eigenvalue weighted by Gasteiger charge is 2.26. The van der Waals surface area contributed by atoms with Gasteiger partial charge in [0.05, 0.1) is 7.11 Å².